The summed E-state index contributed by atoms with van der Waals surface area (Å²) in [6.45, 7) is 2.69. The van der Waals surface area contributed by atoms with E-state index in [0.717, 1.165) is 24.9 Å². The van der Waals surface area contributed by atoms with Gasteiger partial charge in [0, 0.05) is 11.9 Å². The van der Waals surface area contributed by atoms with Crippen molar-refractivity contribution in [3.63, 3.8) is 0 Å². The smallest absolute Gasteiger partial charge is 0.224 e. The minimum atomic E-state index is 0.0932. The molecule has 15 heavy (non-hydrogen) atoms. The van der Waals surface area contributed by atoms with Crippen molar-refractivity contribution in [3.8, 4) is 0 Å². The molecule has 1 rings (SSSR count). The Bertz CT molecular complexity index is 285. The van der Waals surface area contributed by atoms with Crippen LogP contribution in [0.5, 0.6) is 0 Å². The van der Waals surface area contributed by atoms with Crippen LogP contribution in [0.25, 0.3) is 0 Å². The average Bonchev–Trinajstić information content (AvgIpc) is 2.64. The Morgan fingerprint density at radius 3 is 3.07 bits per heavy atom. The summed E-state index contributed by atoms with van der Waals surface area (Å²) in [5, 5.41) is 7.06. The molecule has 0 aromatic carbocycles. The number of amides is 1. The van der Waals surface area contributed by atoms with Gasteiger partial charge in [0.1, 0.15) is 0 Å². The second-order valence-corrected chi connectivity index (χ2v) is 5.11. The second kappa shape index (κ2) is 6.85. The zero-order valence-electron chi connectivity index (χ0n) is 8.83. The quantitative estimate of drug-likeness (QED) is 0.606. The lowest BCUT2D eigenvalue weighted by Gasteiger charge is -2.05. The molecular weight excluding hydrogens is 230 g/mol. The summed E-state index contributed by atoms with van der Waals surface area (Å²) in [5.74, 6) is 0.0932. The molecule has 4 heteroatoms. The molecule has 1 heterocycles. The first-order valence-corrected chi connectivity index (χ1v) is 6.48. The van der Waals surface area contributed by atoms with Gasteiger partial charge in [0.15, 0.2) is 0 Å². The van der Waals surface area contributed by atoms with Gasteiger partial charge in [-0.15, -0.1) is 11.6 Å². The van der Waals surface area contributed by atoms with Gasteiger partial charge in [-0.25, -0.2) is 0 Å². The lowest BCUT2D eigenvalue weighted by Crippen LogP contribution is -2.26. The van der Waals surface area contributed by atoms with E-state index in [0.29, 0.717) is 6.42 Å². The van der Waals surface area contributed by atoms with Gasteiger partial charge in [-0.2, -0.15) is 11.3 Å². The van der Waals surface area contributed by atoms with Gasteiger partial charge < -0.3 is 5.32 Å². The molecule has 0 bridgehead atoms. The van der Waals surface area contributed by atoms with Gasteiger partial charge in [0.25, 0.3) is 0 Å². The molecule has 0 saturated carbocycles. The van der Waals surface area contributed by atoms with E-state index >= 15 is 0 Å². The Balaban J connectivity index is 2.09. The maximum atomic E-state index is 11.4. The van der Waals surface area contributed by atoms with E-state index in [-0.39, 0.29) is 11.3 Å². The first-order valence-electron chi connectivity index (χ1n) is 5.10. The molecule has 0 radical (unpaired) electrons. The van der Waals surface area contributed by atoms with Crippen molar-refractivity contribution in [2.45, 2.75) is 31.6 Å². The van der Waals surface area contributed by atoms with Crippen LogP contribution in [0.1, 0.15) is 25.3 Å². The third-order valence-electron chi connectivity index (χ3n) is 2.05. The summed E-state index contributed by atoms with van der Waals surface area (Å²) < 4.78 is 0. The summed E-state index contributed by atoms with van der Waals surface area (Å²) in [4.78, 5) is 11.4. The fraction of sp³-hybridized carbons (Fsp3) is 0.545. The van der Waals surface area contributed by atoms with Gasteiger partial charge >= 0.3 is 0 Å². The highest BCUT2D eigenvalue weighted by Gasteiger charge is 2.03. The number of nitrogens with one attached hydrogen (secondary N) is 1. The summed E-state index contributed by atoms with van der Waals surface area (Å²) in [6.07, 6.45) is 2.38. The molecule has 1 aromatic rings. The van der Waals surface area contributed by atoms with Gasteiger partial charge in [-0.3, -0.25) is 4.79 Å². The van der Waals surface area contributed by atoms with Crippen LogP contribution in [-0.4, -0.2) is 17.8 Å². The first kappa shape index (κ1) is 12.5. The Kier molecular flexibility index (Phi) is 5.73. The van der Waals surface area contributed by atoms with Crippen molar-refractivity contribution in [2.24, 2.45) is 0 Å². The average molecular weight is 246 g/mol. The van der Waals surface area contributed by atoms with Crippen LogP contribution in [0.4, 0.5) is 0 Å². The van der Waals surface area contributed by atoms with Crippen molar-refractivity contribution in [1.82, 2.24) is 5.32 Å². The van der Waals surface area contributed by atoms with Gasteiger partial charge in [0.05, 0.1) is 6.42 Å². The highest BCUT2D eigenvalue weighted by Crippen LogP contribution is 2.06. The van der Waals surface area contributed by atoms with Crippen LogP contribution in [0.15, 0.2) is 16.8 Å². The summed E-state index contributed by atoms with van der Waals surface area (Å²) >= 11 is 7.41. The molecule has 1 unspecified atom stereocenters. The number of hydrogen-bond acceptors (Lipinski definition) is 2. The third-order valence-corrected chi connectivity index (χ3v) is 3.00. The third kappa shape index (κ3) is 5.80. The van der Waals surface area contributed by atoms with E-state index in [9.17, 15) is 4.79 Å². The Labute approximate surface area is 99.6 Å². The molecule has 1 N–H and O–H groups in total. The highest BCUT2D eigenvalue weighted by atomic mass is 35.5. The highest BCUT2D eigenvalue weighted by molar-refractivity contribution is 7.07. The molecule has 1 atom stereocenters. The molecule has 84 valence electrons. The van der Waals surface area contributed by atoms with E-state index in [4.69, 9.17) is 11.6 Å². The summed E-state index contributed by atoms with van der Waals surface area (Å²) in [5.41, 5.74) is 1.09. The Morgan fingerprint density at radius 2 is 2.47 bits per heavy atom. The number of carbonyl (C=O) groups excluding carboxylic acids is 1. The van der Waals surface area contributed by atoms with Crippen LogP contribution in [0, 0.1) is 0 Å². The molecule has 0 aliphatic carbocycles. The fourth-order valence-corrected chi connectivity index (χ4v) is 2.08. The topological polar surface area (TPSA) is 29.1 Å². The number of rotatable bonds is 6. The van der Waals surface area contributed by atoms with Crippen LogP contribution in [-0.2, 0) is 11.2 Å². The molecule has 0 fully saturated rings. The minimum Gasteiger partial charge on any atom is -0.356 e. The molecule has 0 aliphatic rings. The van der Waals surface area contributed by atoms with Crippen molar-refractivity contribution in [1.29, 1.82) is 0 Å². The molecule has 0 aliphatic heterocycles. The standard InChI is InChI=1S/C11H16ClNOS/c1-9(12)3-2-5-13-11(14)7-10-4-6-15-8-10/h4,6,8-9H,2-3,5,7H2,1H3,(H,13,14). The first-order chi connectivity index (χ1) is 7.18. The summed E-state index contributed by atoms with van der Waals surface area (Å²) in [6, 6.07) is 1.98. The number of alkyl halides is 1. The largest absolute Gasteiger partial charge is 0.356 e. The predicted molar refractivity (Wildman–Crippen MR) is 65.6 cm³/mol. The van der Waals surface area contributed by atoms with E-state index in [1.54, 1.807) is 11.3 Å². The monoisotopic (exact) mass is 245 g/mol. The maximum absolute atomic E-state index is 11.4. The minimum absolute atomic E-state index is 0.0932. The second-order valence-electron chi connectivity index (χ2n) is 3.58. The number of thiophene rings is 1. The van der Waals surface area contributed by atoms with Crippen molar-refractivity contribution >= 4 is 28.8 Å². The van der Waals surface area contributed by atoms with E-state index in [1.165, 1.54) is 0 Å². The van der Waals surface area contributed by atoms with E-state index in [2.05, 4.69) is 5.32 Å². The van der Waals surface area contributed by atoms with Crippen LogP contribution >= 0.6 is 22.9 Å². The van der Waals surface area contributed by atoms with Crippen molar-refractivity contribution in [2.75, 3.05) is 6.54 Å². The van der Waals surface area contributed by atoms with Crippen LogP contribution in [0.3, 0.4) is 0 Å². The van der Waals surface area contributed by atoms with Crippen LogP contribution in [0.2, 0.25) is 0 Å². The summed E-state index contributed by atoms with van der Waals surface area (Å²) in [7, 11) is 0. The van der Waals surface area contributed by atoms with Crippen molar-refractivity contribution < 1.29 is 4.79 Å². The molecule has 1 aromatic heterocycles. The zero-order chi connectivity index (χ0) is 11.1. The normalized spacial score (nSPS) is 12.4. The maximum Gasteiger partial charge on any atom is 0.224 e. The SMILES string of the molecule is CC(Cl)CCCNC(=O)Cc1ccsc1. The molecule has 0 spiro atoms. The lowest BCUT2D eigenvalue weighted by atomic mass is 10.2. The number of carbonyl (C=O) groups is 1. The Morgan fingerprint density at radius 1 is 1.67 bits per heavy atom. The zero-order valence-corrected chi connectivity index (χ0v) is 10.4. The number of hydrogen-bond donors (Lipinski definition) is 1. The number of halogens is 1. The Hall–Kier alpha value is -0.540. The van der Waals surface area contributed by atoms with E-state index < -0.39 is 0 Å². The van der Waals surface area contributed by atoms with Gasteiger partial charge in [-0.1, -0.05) is 0 Å². The molecule has 0 saturated heterocycles. The lowest BCUT2D eigenvalue weighted by molar-refractivity contribution is -0.120. The molecule has 1 amide bonds. The van der Waals surface area contributed by atoms with Gasteiger partial charge in [-0.05, 0) is 42.2 Å². The molecule has 2 nitrogen and oxygen atoms in total. The van der Waals surface area contributed by atoms with Crippen LogP contribution < -0.4 is 5.32 Å². The predicted octanol–water partition coefficient (Wildman–Crippen LogP) is 2.81. The van der Waals surface area contributed by atoms with Gasteiger partial charge in [0.2, 0.25) is 5.91 Å². The molecular formula is C11H16ClNOS. The fourth-order valence-electron chi connectivity index (χ4n) is 1.25. The van der Waals surface area contributed by atoms with Crippen molar-refractivity contribution in [3.05, 3.63) is 22.4 Å². The van der Waals surface area contributed by atoms with E-state index in [1.807, 2.05) is 23.8 Å².